The van der Waals surface area contributed by atoms with Gasteiger partial charge in [-0.3, -0.25) is 0 Å². The van der Waals surface area contributed by atoms with Crippen molar-refractivity contribution in [2.75, 3.05) is 6.54 Å². The van der Waals surface area contributed by atoms with E-state index in [9.17, 15) is 10.4 Å². The predicted octanol–water partition coefficient (Wildman–Crippen LogP) is 3.82. The molecule has 2 atom stereocenters. The van der Waals surface area contributed by atoms with E-state index in [1.165, 1.54) is 5.56 Å². The number of nitrogens with one attached hydrogen (secondary N) is 1. The van der Waals surface area contributed by atoms with E-state index in [0.717, 1.165) is 40.7 Å². The van der Waals surface area contributed by atoms with Gasteiger partial charge in [-0.1, -0.05) is 30.3 Å². The molecule has 0 fully saturated rings. The van der Waals surface area contributed by atoms with Crippen molar-refractivity contribution in [3.63, 3.8) is 0 Å². The molecule has 29 heavy (non-hydrogen) atoms. The molecular weight excluding hydrogens is 362 g/mol. The molecule has 1 aliphatic rings. The van der Waals surface area contributed by atoms with Crippen molar-refractivity contribution in [3.8, 4) is 11.8 Å². The third-order valence-electron chi connectivity index (χ3n) is 5.62. The summed E-state index contributed by atoms with van der Waals surface area (Å²) in [5.41, 5.74) is 3.51. The lowest BCUT2D eigenvalue weighted by Crippen LogP contribution is -2.52. The van der Waals surface area contributed by atoms with E-state index in [0.29, 0.717) is 5.69 Å². The average molecular weight is 387 g/mol. The molecule has 0 saturated carbocycles. The Labute approximate surface area is 171 Å². The topological polar surface area (TPSA) is 78.2 Å². The van der Waals surface area contributed by atoms with Crippen molar-refractivity contribution in [1.82, 2.24) is 10.3 Å². The van der Waals surface area contributed by atoms with Crippen LogP contribution in [0.25, 0.3) is 10.9 Å². The molecule has 2 aromatic carbocycles. The molecule has 5 heteroatoms. The zero-order valence-electron chi connectivity index (χ0n) is 16.9. The van der Waals surface area contributed by atoms with Crippen molar-refractivity contribution in [1.29, 1.82) is 5.26 Å². The molecule has 4 rings (SSSR count). The smallest absolute Gasteiger partial charge is 0.141 e. The Morgan fingerprint density at radius 3 is 2.69 bits per heavy atom. The van der Waals surface area contributed by atoms with Crippen LogP contribution < -0.4 is 10.1 Å². The first kappa shape index (κ1) is 19.4. The predicted molar refractivity (Wildman–Crippen MR) is 113 cm³/mol. The molecule has 2 heterocycles. The molecule has 0 radical (unpaired) electrons. The Morgan fingerprint density at radius 2 is 1.97 bits per heavy atom. The molecule has 0 bridgehead atoms. The van der Waals surface area contributed by atoms with Gasteiger partial charge >= 0.3 is 0 Å². The molecular formula is C24H25N3O2. The fraction of sp³-hybridized carbons (Fsp3) is 0.333. The highest BCUT2D eigenvalue weighted by Gasteiger charge is 2.42. The summed E-state index contributed by atoms with van der Waals surface area (Å²) < 4.78 is 6.16. The van der Waals surface area contributed by atoms with Crippen LogP contribution in [0.5, 0.6) is 5.75 Å². The molecule has 0 saturated heterocycles. The second kappa shape index (κ2) is 7.47. The van der Waals surface area contributed by atoms with Crippen LogP contribution in [-0.4, -0.2) is 28.3 Å². The fourth-order valence-corrected chi connectivity index (χ4v) is 3.98. The SMILES string of the molecule is Cc1cc(C#N)nc2cc3c(cc12)OC(C)(C)[C@H](O)[C@H]3NCCc1ccccc1. The Hall–Kier alpha value is -2.94. The standard InChI is InChI=1S/C24H25N3O2/c1-15-11-17(14-25)27-20-12-19-21(13-18(15)20)29-24(2,3)23(28)22(19)26-10-9-16-7-5-4-6-8-16/h4-8,11-13,22-23,26,28H,9-10H2,1-3H3/t22-,23+/m0/s1. The quantitative estimate of drug-likeness (QED) is 0.712. The summed E-state index contributed by atoms with van der Waals surface area (Å²) in [5, 5.41) is 24.7. The van der Waals surface area contributed by atoms with E-state index >= 15 is 0 Å². The number of hydrogen-bond donors (Lipinski definition) is 2. The Kier molecular flexibility index (Phi) is 4.99. The zero-order chi connectivity index (χ0) is 20.6. The molecule has 3 aromatic rings. The van der Waals surface area contributed by atoms with Gasteiger partial charge in [0.25, 0.3) is 0 Å². The highest BCUT2D eigenvalue weighted by molar-refractivity contribution is 5.85. The number of nitrogens with zero attached hydrogens (tertiary/aromatic N) is 2. The number of nitriles is 1. The number of aliphatic hydroxyl groups excluding tert-OH is 1. The second-order valence-electron chi connectivity index (χ2n) is 8.16. The van der Waals surface area contributed by atoms with Gasteiger partial charge in [0.1, 0.15) is 29.2 Å². The Morgan fingerprint density at radius 1 is 1.21 bits per heavy atom. The van der Waals surface area contributed by atoms with Crippen LogP contribution >= 0.6 is 0 Å². The molecule has 0 aliphatic carbocycles. The molecule has 0 unspecified atom stereocenters. The van der Waals surface area contributed by atoms with Crippen molar-refractivity contribution in [2.45, 2.75) is 44.9 Å². The van der Waals surface area contributed by atoms with Crippen LogP contribution in [0, 0.1) is 18.3 Å². The van der Waals surface area contributed by atoms with Crippen LogP contribution in [0.2, 0.25) is 0 Å². The van der Waals surface area contributed by atoms with Gasteiger partial charge in [-0.2, -0.15) is 5.26 Å². The number of benzene rings is 2. The van der Waals surface area contributed by atoms with Crippen LogP contribution in [0.3, 0.4) is 0 Å². The van der Waals surface area contributed by atoms with Gasteiger partial charge in [-0.25, -0.2) is 4.98 Å². The lowest BCUT2D eigenvalue weighted by molar-refractivity contribution is -0.0642. The molecule has 5 nitrogen and oxygen atoms in total. The molecule has 148 valence electrons. The minimum Gasteiger partial charge on any atom is -0.485 e. The third-order valence-corrected chi connectivity index (χ3v) is 5.62. The van der Waals surface area contributed by atoms with E-state index in [-0.39, 0.29) is 6.04 Å². The number of aliphatic hydroxyl groups is 1. The molecule has 0 spiro atoms. The minimum atomic E-state index is -0.723. The molecule has 1 aromatic heterocycles. The summed E-state index contributed by atoms with van der Waals surface area (Å²) >= 11 is 0. The fourth-order valence-electron chi connectivity index (χ4n) is 3.98. The minimum absolute atomic E-state index is 0.283. The van der Waals surface area contributed by atoms with Gasteiger partial charge in [-0.15, -0.1) is 0 Å². The first-order valence-corrected chi connectivity index (χ1v) is 9.89. The third kappa shape index (κ3) is 3.69. The molecule has 0 amide bonds. The van der Waals surface area contributed by atoms with Gasteiger partial charge in [0, 0.05) is 10.9 Å². The summed E-state index contributed by atoms with van der Waals surface area (Å²) in [5.74, 6) is 0.750. The van der Waals surface area contributed by atoms with E-state index in [1.54, 1.807) is 6.07 Å². The normalized spacial score (nSPS) is 20.0. The van der Waals surface area contributed by atoms with Crippen LogP contribution in [-0.2, 0) is 6.42 Å². The van der Waals surface area contributed by atoms with Crippen LogP contribution in [0.15, 0.2) is 48.5 Å². The van der Waals surface area contributed by atoms with Crippen molar-refractivity contribution in [2.24, 2.45) is 0 Å². The Bertz CT molecular complexity index is 1090. The summed E-state index contributed by atoms with van der Waals surface area (Å²) in [7, 11) is 0. The average Bonchev–Trinajstić information content (AvgIpc) is 2.70. The zero-order valence-corrected chi connectivity index (χ0v) is 16.9. The number of aromatic nitrogens is 1. The van der Waals surface area contributed by atoms with Crippen molar-refractivity contribution in [3.05, 3.63) is 70.9 Å². The number of pyridine rings is 1. The first-order chi connectivity index (χ1) is 13.9. The maximum atomic E-state index is 11.0. The van der Waals surface area contributed by atoms with Gasteiger partial charge in [0.2, 0.25) is 0 Å². The molecule has 2 N–H and O–H groups in total. The number of fused-ring (bicyclic) bond motifs is 2. The van der Waals surface area contributed by atoms with Crippen molar-refractivity contribution < 1.29 is 9.84 Å². The molecule has 1 aliphatic heterocycles. The lowest BCUT2D eigenvalue weighted by Gasteiger charge is -2.42. The second-order valence-corrected chi connectivity index (χ2v) is 8.16. The van der Waals surface area contributed by atoms with E-state index in [1.807, 2.05) is 51.1 Å². The van der Waals surface area contributed by atoms with E-state index in [2.05, 4.69) is 28.5 Å². The number of aryl methyl sites for hydroxylation is 1. The monoisotopic (exact) mass is 387 g/mol. The largest absolute Gasteiger partial charge is 0.485 e. The Balaban J connectivity index is 1.70. The number of ether oxygens (including phenoxy) is 1. The summed E-state index contributed by atoms with van der Waals surface area (Å²) in [6.45, 7) is 6.50. The highest BCUT2D eigenvalue weighted by atomic mass is 16.5. The van der Waals surface area contributed by atoms with E-state index in [4.69, 9.17) is 4.74 Å². The van der Waals surface area contributed by atoms with Gasteiger partial charge in [0.15, 0.2) is 0 Å². The number of hydrogen-bond acceptors (Lipinski definition) is 5. The van der Waals surface area contributed by atoms with Gasteiger partial charge in [0.05, 0.1) is 11.6 Å². The van der Waals surface area contributed by atoms with Gasteiger partial charge < -0.3 is 15.2 Å². The van der Waals surface area contributed by atoms with Crippen LogP contribution in [0.1, 0.15) is 42.3 Å². The highest BCUT2D eigenvalue weighted by Crippen LogP contribution is 2.42. The van der Waals surface area contributed by atoms with Crippen LogP contribution in [0.4, 0.5) is 0 Å². The maximum absolute atomic E-state index is 11.0. The summed E-state index contributed by atoms with van der Waals surface area (Å²) in [6.07, 6.45) is 0.146. The maximum Gasteiger partial charge on any atom is 0.141 e. The van der Waals surface area contributed by atoms with Crippen molar-refractivity contribution >= 4 is 10.9 Å². The lowest BCUT2D eigenvalue weighted by atomic mass is 9.85. The number of rotatable bonds is 4. The summed E-state index contributed by atoms with van der Waals surface area (Å²) in [6, 6.07) is 17.8. The first-order valence-electron chi connectivity index (χ1n) is 9.89. The van der Waals surface area contributed by atoms with Gasteiger partial charge in [-0.05, 0) is 63.1 Å². The summed E-state index contributed by atoms with van der Waals surface area (Å²) in [4.78, 5) is 4.46. The van der Waals surface area contributed by atoms with E-state index < -0.39 is 11.7 Å².